The number of ether oxygens (including phenoxy) is 2. The lowest BCUT2D eigenvalue weighted by atomic mass is 9.85. The third kappa shape index (κ3) is 13.7. The first kappa shape index (κ1) is 80.8. The molecule has 0 amide bonds. The van der Waals surface area contributed by atoms with E-state index in [9.17, 15) is 0 Å². The highest BCUT2D eigenvalue weighted by Gasteiger charge is 2.31. The predicted molar refractivity (Wildman–Crippen MR) is 577 cm³/mol. The molecule has 0 bridgehead atoms. The summed E-state index contributed by atoms with van der Waals surface area (Å²) >= 11 is 0. The summed E-state index contributed by atoms with van der Waals surface area (Å²) in [5.74, 6) is 3.41. The van der Waals surface area contributed by atoms with Gasteiger partial charge in [-0.3, -0.25) is 0 Å². The van der Waals surface area contributed by atoms with Crippen molar-refractivity contribution in [3.05, 3.63) is 483 Å². The van der Waals surface area contributed by atoms with E-state index in [0.29, 0.717) is 0 Å². The molecule has 2 aliphatic heterocycles. The van der Waals surface area contributed by atoms with Crippen LogP contribution in [-0.2, 0) is 0 Å². The summed E-state index contributed by atoms with van der Waals surface area (Å²) in [5, 5.41) is 18.8. The van der Waals surface area contributed by atoms with Crippen molar-refractivity contribution in [3.8, 4) is 78.6 Å². The number of hydrogen-bond donors (Lipinski definition) is 0. The van der Waals surface area contributed by atoms with E-state index in [1.165, 1.54) is 98.4 Å². The molecule has 0 fully saturated rings. The molecule has 652 valence electrons. The lowest BCUT2D eigenvalue weighted by molar-refractivity contribution is 0.486. The van der Waals surface area contributed by atoms with Gasteiger partial charge in [-0.05, 0) is 308 Å². The van der Waals surface area contributed by atoms with Gasteiger partial charge in [0.25, 0.3) is 0 Å². The van der Waals surface area contributed by atoms with Gasteiger partial charge in [-0.15, -0.1) is 0 Å². The first-order valence-electron chi connectivity index (χ1n) is 47.2. The average Bonchev–Trinajstić information content (AvgIpc) is 0.852. The Kier molecular flexibility index (Phi) is 19.4. The molecular formula is C130H88N4O4. The SMILES string of the molecule is Cc1ccc2c(-c3ccc(N(c4ccccc4)c4cccc5c4oc4ccccc45)cc3)cc3c4cc(C)cc5c4c(cc3c2c1)-c1ccc(N(c2ccccc2)c2ccccc2)cc1O5.Cc1ccc2c(-c3ccc(N(c4ccccc4)c4ccccc4-c4ccccc4)cc3)cc3c4cc(C)cc5c4c(cc3c2c1)-c1ccc(N(c2ccccc2)c2cccc3c2oc2ccccc23)cc1O5. The third-order valence-electron chi connectivity index (χ3n) is 27.7. The van der Waals surface area contributed by atoms with Crippen molar-refractivity contribution in [1.82, 2.24) is 0 Å². The summed E-state index contributed by atoms with van der Waals surface area (Å²) in [6.45, 7) is 8.73. The van der Waals surface area contributed by atoms with Gasteiger partial charge in [-0.1, -0.05) is 284 Å². The molecule has 0 spiro atoms. The van der Waals surface area contributed by atoms with Crippen molar-refractivity contribution in [2.75, 3.05) is 19.6 Å². The number of benzene rings is 23. The van der Waals surface area contributed by atoms with Gasteiger partial charge in [-0.2, -0.15) is 0 Å². The summed E-state index contributed by atoms with van der Waals surface area (Å²) in [7, 11) is 0. The van der Waals surface area contributed by atoms with Gasteiger partial charge < -0.3 is 37.9 Å². The van der Waals surface area contributed by atoms with Gasteiger partial charge in [0.2, 0.25) is 0 Å². The molecule has 0 atom stereocenters. The van der Waals surface area contributed by atoms with Gasteiger partial charge in [0.05, 0.1) is 22.7 Å². The quantitative estimate of drug-likeness (QED) is 0.0941. The van der Waals surface area contributed by atoms with E-state index in [2.05, 4.69) is 484 Å². The maximum atomic E-state index is 7.09. The molecule has 4 heterocycles. The number of anilines is 12. The molecule has 0 saturated heterocycles. The second kappa shape index (κ2) is 33.0. The number of furan rings is 2. The topological polar surface area (TPSA) is 57.7 Å². The molecule has 0 saturated carbocycles. The third-order valence-corrected chi connectivity index (χ3v) is 27.7. The summed E-state index contributed by atoms with van der Waals surface area (Å²) < 4.78 is 27.3. The van der Waals surface area contributed by atoms with E-state index in [-0.39, 0.29) is 0 Å². The predicted octanol–water partition coefficient (Wildman–Crippen LogP) is 37.8. The Morgan fingerprint density at radius 3 is 0.913 bits per heavy atom. The molecule has 8 nitrogen and oxygen atoms in total. The Bertz CT molecular complexity index is 9140. The summed E-state index contributed by atoms with van der Waals surface area (Å²) in [4.78, 5) is 9.24. The Morgan fingerprint density at radius 1 is 0.159 bits per heavy atom. The van der Waals surface area contributed by atoms with Crippen LogP contribution in [0.1, 0.15) is 22.3 Å². The molecule has 8 heteroatoms. The van der Waals surface area contributed by atoms with Crippen molar-refractivity contribution in [2.24, 2.45) is 0 Å². The van der Waals surface area contributed by atoms with Crippen LogP contribution in [0.2, 0.25) is 0 Å². The van der Waals surface area contributed by atoms with Crippen molar-refractivity contribution in [3.63, 3.8) is 0 Å². The summed E-state index contributed by atoms with van der Waals surface area (Å²) in [6, 6.07) is 165. The minimum absolute atomic E-state index is 0.817. The van der Waals surface area contributed by atoms with Crippen LogP contribution < -0.4 is 29.1 Å². The van der Waals surface area contributed by atoms with Crippen LogP contribution in [0.15, 0.2) is 470 Å². The number of rotatable bonds is 15. The van der Waals surface area contributed by atoms with E-state index in [4.69, 9.17) is 18.3 Å². The van der Waals surface area contributed by atoms with Crippen LogP contribution >= 0.6 is 0 Å². The smallest absolute Gasteiger partial charge is 0.159 e. The van der Waals surface area contributed by atoms with E-state index in [1.807, 2.05) is 24.3 Å². The second-order valence-electron chi connectivity index (χ2n) is 36.4. The van der Waals surface area contributed by atoms with Crippen LogP contribution in [0.5, 0.6) is 23.0 Å². The lowest BCUT2D eigenvalue weighted by Crippen LogP contribution is -2.11. The molecule has 2 aliphatic rings. The van der Waals surface area contributed by atoms with Crippen LogP contribution in [0.3, 0.4) is 0 Å². The maximum Gasteiger partial charge on any atom is 0.159 e. The average molecular weight is 1770 g/mol. The largest absolute Gasteiger partial charge is 0.456 e. The monoisotopic (exact) mass is 1770 g/mol. The van der Waals surface area contributed by atoms with Crippen molar-refractivity contribution in [1.29, 1.82) is 0 Å². The minimum atomic E-state index is 0.817. The Labute approximate surface area is 798 Å². The van der Waals surface area contributed by atoms with Crippen molar-refractivity contribution in [2.45, 2.75) is 27.7 Å². The van der Waals surface area contributed by atoms with Crippen LogP contribution in [0.25, 0.3) is 164 Å². The molecule has 25 aromatic rings. The Hall–Kier alpha value is -18.0. The van der Waals surface area contributed by atoms with Crippen LogP contribution in [0.4, 0.5) is 68.2 Å². The van der Waals surface area contributed by atoms with Gasteiger partial charge in [-0.25, -0.2) is 0 Å². The van der Waals surface area contributed by atoms with Gasteiger partial charge in [0.15, 0.2) is 11.2 Å². The highest BCUT2D eigenvalue weighted by molar-refractivity contribution is 6.28. The molecule has 0 N–H and O–H groups in total. The lowest BCUT2D eigenvalue weighted by Gasteiger charge is -2.28. The maximum absolute atomic E-state index is 7.09. The Morgan fingerprint density at radius 2 is 0.471 bits per heavy atom. The van der Waals surface area contributed by atoms with Crippen LogP contribution in [-0.4, -0.2) is 0 Å². The molecule has 27 rings (SSSR count). The molecule has 0 radical (unpaired) electrons. The first-order valence-corrected chi connectivity index (χ1v) is 47.2. The standard InChI is InChI=1S/C68H46N2O2.C62H42N2O2/c1-43-29-35-52-56(46-30-32-49(33-31-46)69(47-19-8-4-9-20-47)62-26-14-12-23-51(62)45-17-6-3-7-18-45)41-59-58(57(52)37-43)42-61-54-36-34-50(40-65(54)71-66-39-44(2)38-60(59)67(61)66)70(48-21-10-5-11-22-48)63-27-16-25-55-53-24-13-15-28-64(53)72-68(55)63;1-39-25-31-47-51(41-26-28-45(29-27-41)64(44-19-10-5-11-20-44)57-23-14-22-50-48-21-12-13-24-58(48)66-62(50)57)37-54-53(52(47)33-39)38-56-49-32-30-46(36-59(49)65-60-35-40(2)34-55(54)61(56)60)63(42-15-6-3-7-16-42)43-17-8-4-9-18-43/h3-42H,1-2H3;3-38H,1-2H3. The highest BCUT2D eigenvalue weighted by Crippen LogP contribution is 2.57. The molecule has 2 aromatic heterocycles. The molecule has 23 aromatic carbocycles. The fourth-order valence-corrected chi connectivity index (χ4v) is 21.6. The fraction of sp³-hybridized carbons (Fsp3) is 0.0308. The minimum Gasteiger partial charge on any atom is -0.456 e. The zero-order chi connectivity index (χ0) is 91.7. The molecule has 0 unspecified atom stereocenters. The number of hydrogen-bond acceptors (Lipinski definition) is 8. The van der Waals surface area contributed by atoms with E-state index in [1.54, 1.807) is 0 Å². The van der Waals surface area contributed by atoms with Crippen molar-refractivity contribution >= 4 is 177 Å². The molecule has 0 aliphatic carbocycles. The number of nitrogens with zero attached hydrogens (tertiary/aromatic N) is 4. The van der Waals surface area contributed by atoms with E-state index < -0.39 is 0 Å². The normalized spacial score (nSPS) is 11.9. The van der Waals surface area contributed by atoms with Gasteiger partial charge in [0.1, 0.15) is 34.2 Å². The number of para-hydroxylation sites is 10. The fourth-order valence-electron chi connectivity index (χ4n) is 21.6. The first-order chi connectivity index (χ1) is 68.1. The van der Waals surface area contributed by atoms with Crippen LogP contribution in [0, 0.1) is 27.7 Å². The van der Waals surface area contributed by atoms with Crippen molar-refractivity contribution < 1.29 is 18.3 Å². The molecular weight excluding hydrogens is 1680 g/mol. The second-order valence-corrected chi connectivity index (χ2v) is 36.4. The van der Waals surface area contributed by atoms with Gasteiger partial charge in [0, 0.05) is 107 Å². The summed E-state index contributed by atoms with van der Waals surface area (Å²) in [6.07, 6.45) is 0. The van der Waals surface area contributed by atoms with Gasteiger partial charge >= 0.3 is 0 Å². The zero-order valence-corrected chi connectivity index (χ0v) is 76.3. The van der Waals surface area contributed by atoms with E-state index in [0.717, 1.165) is 179 Å². The molecule has 138 heavy (non-hydrogen) atoms. The highest BCUT2D eigenvalue weighted by atomic mass is 16.5. The number of fused-ring (bicyclic) bond motifs is 18. The summed E-state index contributed by atoms with van der Waals surface area (Å²) in [5.41, 5.74) is 32.4. The van der Waals surface area contributed by atoms with E-state index >= 15 is 0 Å². The Balaban J connectivity index is 0.000000143. The zero-order valence-electron chi connectivity index (χ0n) is 76.3. The number of aryl methyl sites for hydroxylation is 4.